The number of fused-ring (bicyclic) bond motifs is 1. The van der Waals surface area contributed by atoms with Crippen molar-refractivity contribution in [3.63, 3.8) is 0 Å². The highest BCUT2D eigenvalue weighted by Gasteiger charge is 2.15. The van der Waals surface area contributed by atoms with Crippen molar-refractivity contribution < 1.29 is 14.3 Å². The molecule has 1 N–H and O–H groups in total. The number of carboxylic acid groups (broad SMARTS) is 1. The van der Waals surface area contributed by atoms with Crippen molar-refractivity contribution in [1.29, 1.82) is 0 Å². The lowest BCUT2D eigenvalue weighted by molar-refractivity contribution is 0.0691. The van der Waals surface area contributed by atoms with Gasteiger partial charge in [-0.15, -0.1) is 0 Å². The summed E-state index contributed by atoms with van der Waals surface area (Å²) >= 11 is 0. The maximum absolute atomic E-state index is 11.0. The minimum atomic E-state index is -1.07. The molecule has 96 valence electrons. The van der Waals surface area contributed by atoms with E-state index in [1.807, 2.05) is 19.9 Å². The van der Waals surface area contributed by atoms with Crippen molar-refractivity contribution in [2.24, 2.45) is 0 Å². The van der Waals surface area contributed by atoms with Crippen molar-refractivity contribution in [3.05, 3.63) is 41.7 Å². The zero-order valence-electron chi connectivity index (χ0n) is 10.4. The van der Waals surface area contributed by atoms with Crippen molar-refractivity contribution >= 4 is 11.7 Å². The van der Waals surface area contributed by atoms with Crippen LogP contribution in [0.4, 0.5) is 0 Å². The third-order valence-corrected chi connectivity index (χ3v) is 2.91. The van der Waals surface area contributed by atoms with Gasteiger partial charge in [0.1, 0.15) is 11.5 Å². The van der Waals surface area contributed by atoms with E-state index >= 15 is 0 Å². The van der Waals surface area contributed by atoms with Gasteiger partial charge in [-0.25, -0.2) is 14.8 Å². The minimum absolute atomic E-state index is 0.0298. The molecule has 0 saturated heterocycles. The molecule has 3 aromatic heterocycles. The molecule has 0 atom stereocenters. The summed E-state index contributed by atoms with van der Waals surface area (Å²) in [6.07, 6.45) is 3.06. The smallest absolute Gasteiger partial charge is 0.356 e. The molecule has 6 heteroatoms. The van der Waals surface area contributed by atoms with Crippen LogP contribution in [0.2, 0.25) is 0 Å². The lowest BCUT2D eigenvalue weighted by atomic mass is 10.2. The number of aryl methyl sites for hydroxylation is 2. The Labute approximate surface area is 108 Å². The van der Waals surface area contributed by atoms with Crippen molar-refractivity contribution in [2.75, 3.05) is 0 Å². The fraction of sp³-hybridized carbons (Fsp3) is 0.154. The first-order chi connectivity index (χ1) is 9.06. The number of furan rings is 1. The van der Waals surface area contributed by atoms with Gasteiger partial charge in [0.2, 0.25) is 5.78 Å². The number of nitrogens with zero attached hydrogens (tertiary/aromatic N) is 3. The minimum Gasteiger partial charge on any atom is -0.476 e. The lowest BCUT2D eigenvalue weighted by Crippen LogP contribution is -1.95. The van der Waals surface area contributed by atoms with E-state index in [2.05, 4.69) is 9.97 Å². The Morgan fingerprint density at radius 1 is 1.42 bits per heavy atom. The molecule has 3 aromatic rings. The summed E-state index contributed by atoms with van der Waals surface area (Å²) in [5.74, 6) is 0.858. The topological polar surface area (TPSA) is 80.6 Å². The summed E-state index contributed by atoms with van der Waals surface area (Å²) in [4.78, 5) is 19.0. The molecule has 0 fully saturated rings. The highest BCUT2D eigenvalue weighted by molar-refractivity contribution is 5.86. The molecule has 19 heavy (non-hydrogen) atoms. The average molecular weight is 257 g/mol. The molecule has 0 aromatic carbocycles. The van der Waals surface area contributed by atoms with Crippen LogP contribution in [0, 0.1) is 13.8 Å². The third kappa shape index (κ3) is 1.77. The molecular formula is C13H11N3O3. The first-order valence-corrected chi connectivity index (χ1v) is 5.71. The van der Waals surface area contributed by atoms with Crippen LogP contribution in [-0.2, 0) is 0 Å². The van der Waals surface area contributed by atoms with Crippen molar-refractivity contribution in [3.8, 4) is 11.3 Å². The second kappa shape index (κ2) is 3.94. The third-order valence-electron chi connectivity index (χ3n) is 2.91. The molecule has 0 unspecified atom stereocenters. The van der Waals surface area contributed by atoms with E-state index in [9.17, 15) is 4.79 Å². The molecule has 0 spiro atoms. The molecule has 0 radical (unpaired) electrons. The Morgan fingerprint density at radius 3 is 2.84 bits per heavy atom. The molecule has 6 nitrogen and oxygen atoms in total. The standard InChI is InChI=1S/C13H11N3O3/c1-7-5-9(8(2)19-7)11-3-4-14-13-15-10(12(17)18)6-16(11)13/h3-6H,1-2H3,(H,17,18). The van der Waals surface area contributed by atoms with Crippen LogP contribution in [0.1, 0.15) is 22.0 Å². The summed E-state index contributed by atoms with van der Waals surface area (Å²) in [6, 6.07) is 3.71. The Hall–Kier alpha value is -2.63. The van der Waals surface area contributed by atoms with Gasteiger partial charge in [-0.2, -0.15) is 0 Å². The second-order valence-electron chi connectivity index (χ2n) is 4.26. The SMILES string of the molecule is Cc1cc(-c2ccnc3nc(C(=O)O)cn23)c(C)o1. The van der Waals surface area contributed by atoms with Crippen LogP contribution in [0.3, 0.4) is 0 Å². The van der Waals surface area contributed by atoms with Gasteiger partial charge < -0.3 is 9.52 Å². The number of aromatic carboxylic acids is 1. The van der Waals surface area contributed by atoms with Crippen molar-refractivity contribution in [1.82, 2.24) is 14.4 Å². The molecule has 0 aliphatic rings. The Kier molecular flexibility index (Phi) is 2.38. The molecule has 3 rings (SSSR count). The summed E-state index contributed by atoms with van der Waals surface area (Å²) < 4.78 is 7.16. The van der Waals surface area contributed by atoms with E-state index in [1.54, 1.807) is 16.7 Å². The Morgan fingerprint density at radius 2 is 2.21 bits per heavy atom. The zero-order chi connectivity index (χ0) is 13.6. The number of rotatable bonds is 2. The van der Waals surface area contributed by atoms with Gasteiger partial charge in [0.15, 0.2) is 5.69 Å². The van der Waals surface area contributed by atoms with Crippen LogP contribution >= 0.6 is 0 Å². The van der Waals surface area contributed by atoms with Gasteiger partial charge in [0, 0.05) is 18.0 Å². The maximum Gasteiger partial charge on any atom is 0.356 e. The molecule has 3 heterocycles. The number of carboxylic acids is 1. The number of hydrogen-bond donors (Lipinski definition) is 1. The molecule has 0 bridgehead atoms. The van der Waals surface area contributed by atoms with E-state index in [-0.39, 0.29) is 5.69 Å². The van der Waals surface area contributed by atoms with E-state index in [0.717, 1.165) is 22.8 Å². The predicted octanol–water partition coefficient (Wildman–Crippen LogP) is 2.30. The Balaban J connectivity index is 2.29. The number of imidazole rings is 1. The Bertz CT molecular complexity index is 786. The molecule has 0 amide bonds. The number of carbonyl (C=O) groups is 1. The van der Waals surface area contributed by atoms with Crippen LogP contribution in [-0.4, -0.2) is 25.4 Å². The molecule has 0 aliphatic heterocycles. The first kappa shape index (κ1) is 11.5. The fourth-order valence-corrected chi connectivity index (χ4v) is 2.10. The maximum atomic E-state index is 11.0. The molecule has 0 saturated carbocycles. The van der Waals surface area contributed by atoms with Gasteiger partial charge in [-0.05, 0) is 26.0 Å². The van der Waals surface area contributed by atoms with Crippen LogP contribution in [0.25, 0.3) is 17.0 Å². The molecule has 0 aliphatic carbocycles. The fourth-order valence-electron chi connectivity index (χ4n) is 2.10. The average Bonchev–Trinajstić information content (AvgIpc) is 2.92. The van der Waals surface area contributed by atoms with Crippen LogP contribution < -0.4 is 0 Å². The summed E-state index contributed by atoms with van der Waals surface area (Å²) in [5, 5.41) is 8.98. The first-order valence-electron chi connectivity index (χ1n) is 5.71. The van der Waals surface area contributed by atoms with Crippen LogP contribution in [0.5, 0.6) is 0 Å². The predicted molar refractivity (Wildman–Crippen MR) is 67.1 cm³/mol. The highest BCUT2D eigenvalue weighted by atomic mass is 16.4. The largest absolute Gasteiger partial charge is 0.476 e. The monoisotopic (exact) mass is 257 g/mol. The summed E-state index contributed by atoms with van der Waals surface area (Å²) in [5.41, 5.74) is 1.68. The van der Waals surface area contributed by atoms with Gasteiger partial charge >= 0.3 is 5.97 Å². The van der Waals surface area contributed by atoms with Crippen molar-refractivity contribution in [2.45, 2.75) is 13.8 Å². The van der Waals surface area contributed by atoms with E-state index < -0.39 is 5.97 Å². The summed E-state index contributed by atoms with van der Waals surface area (Å²) in [6.45, 7) is 3.73. The second-order valence-corrected chi connectivity index (χ2v) is 4.26. The van der Waals surface area contributed by atoms with Crippen LogP contribution in [0.15, 0.2) is 28.9 Å². The summed E-state index contributed by atoms with van der Waals surface area (Å²) in [7, 11) is 0. The van der Waals surface area contributed by atoms with Gasteiger partial charge in [0.25, 0.3) is 0 Å². The zero-order valence-corrected chi connectivity index (χ0v) is 10.4. The molecular weight excluding hydrogens is 246 g/mol. The normalized spacial score (nSPS) is 11.1. The number of aromatic nitrogens is 3. The van der Waals surface area contributed by atoms with E-state index in [0.29, 0.717) is 5.78 Å². The van der Waals surface area contributed by atoms with Gasteiger partial charge in [0.05, 0.1) is 5.69 Å². The van der Waals surface area contributed by atoms with E-state index in [4.69, 9.17) is 9.52 Å². The van der Waals surface area contributed by atoms with Gasteiger partial charge in [-0.1, -0.05) is 0 Å². The quantitative estimate of drug-likeness (QED) is 0.761. The number of hydrogen-bond acceptors (Lipinski definition) is 4. The highest BCUT2D eigenvalue weighted by Crippen LogP contribution is 2.26. The lowest BCUT2D eigenvalue weighted by Gasteiger charge is -2.02. The van der Waals surface area contributed by atoms with Gasteiger partial charge in [-0.3, -0.25) is 4.40 Å². The van der Waals surface area contributed by atoms with E-state index in [1.165, 1.54) is 6.20 Å².